The minimum absolute atomic E-state index is 0.120. The first-order valence-corrected chi connectivity index (χ1v) is 10.9. The first kappa shape index (κ1) is 19.6. The summed E-state index contributed by atoms with van der Waals surface area (Å²) in [5.41, 5.74) is 3.01. The monoisotopic (exact) mass is 410 g/mol. The molecule has 2 aliphatic rings. The van der Waals surface area contributed by atoms with Crippen molar-refractivity contribution < 1.29 is 14.3 Å². The van der Waals surface area contributed by atoms with E-state index in [1.807, 2.05) is 60.7 Å². The van der Waals surface area contributed by atoms with Crippen LogP contribution in [0.2, 0.25) is 0 Å². The Hall–Kier alpha value is -3.33. The Labute approximate surface area is 183 Å². The number of carbonyl (C=O) groups excluding carboxylic acids is 1. The predicted octanol–water partition coefficient (Wildman–Crippen LogP) is 6.53. The van der Waals surface area contributed by atoms with Gasteiger partial charge in [-0.15, -0.1) is 0 Å². The second-order valence-electron chi connectivity index (χ2n) is 8.66. The van der Waals surface area contributed by atoms with Gasteiger partial charge in [-0.1, -0.05) is 80.6 Å². The molecule has 1 saturated carbocycles. The average Bonchev–Trinajstić information content (AvgIpc) is 3.13. The molecule has 0 N–H and O–H groups in total. The quantitative estimate of drug-likeness (QED) is 0.433. The summed E-state index contributed by atoms with van der Waals surface area (Å²) in [6.07, 6.45) is 5.30. The Kier molecular flexibility index (Phi) is 4.70. The van der Waals surface area contributed by atoms with Crippen LogP contribution in [0.5, 0.6) is 11.5 Å². The zero-order valence-corrected chi connectivity index (χ0v) is 17.9. The molecular formula is C28H26O3. The van der Waals surface area contributed by atoms with Gasteiger partial charge < -0.3 is 9.47 Å². The molecule has 0 saturated heterocycles. The van der Waals surface area contributed by atoms with Gasteiger partial charge in [0.2, 0.25) is 0 Å². The zero-order chi connectivity index (χ0) is 21.5. The van der Waals surface area contributed by atoms with E-state index < -0.39 is 0 Å². The minimum Gasteiger partial charge on any atom is -0.461 e. The molecule has 3 nitrogen and oxygen atoms in total. The molecule has 1 fully saturated rings. The molecule has 2 aliphatic carbocycles. The number of allylic oxidation sites excluding steroid dienone is 1. The van der Waals surface area contributed by atoms with Crippen LogP contribution in [0.4, 0.5) is 0 Å². The highest BCUT2D eigenvalue weighted by Gasteiger charge is 2.76. The number of carbonyl (C=O) groups is 1. The third-order valence-electron chi connectivity index (χ3n) is 7.12. The first-order chi connectivity index (χ1) is 15.1. The van der Waals surface area contributed by atoms with E-state index in [9.17, 15) is 4.79 Å². The molecule has 156 valence electrons. The summed E-state index contributed by atoms with van der Waals surface area (Å²) >= 11 is 0. The summed E-state index contributed by atoms with van der Waals surface area (Å²) in [7, 11) is 0. The summed E-state index contributed by atoms with van der Waals surface area (Å²) in [4.78, 5) is 13.2. The summed E-state index contributed by atoms with van der Waals surface area (Å²) in [6, 6.07) is 25.7. The van der Waals surface area contributed by atoms with Gasteiger partial charge in [0.15, 0.2) is 0 Å². The van der Waals surface area contributed by atoms with E-state index in [4.69, 9.17) is 9.47 Å². The van der Waals surface area contributed by atoms with Gasteiger partial charge in [0.05, 0.1) is 5.92 Å². The number of fused-ring (bicyclic) bond motifs is 2. The van der Waals surface area contributed by atoms with Crippen molar-refractivity contribution in [1.29, 1.82) is 0 Å². The van der Waals surface area contributed by atoms with Gasteiger partial charge in [-0.3, -0.25) is 4.79 Å². The Morgan fingerprint density at radius 1 is 0.935 bits per heavy atom. The van der Waals surface area contributed by atoms with Crippen LogP contribution in [0.25, 0.3) is 6.08 Å². The van der Waals surface area contributed by atoms with Crippen molar-refractivity contribution in [1.82, 2.24) is 0 Å². The Morgan fingerprint density at radius 3 is 2.48 bits per heavy atom. The van der Waals surface area contributed by atoms with Crippen molar-refractivity contribution in [3.8, 4) is 11.5 Å². The van der Waals surface area contributed by atoms with E-state index >= 15 is 0 Å². The van der Waals surface area contributed by atoms with Gasteiger partial charge in [0, 0.05) is 5.41 Å². The molecule has 1 spiro atoms. The lowest BCUT2D eigenvalue weighted by molar-refractivity contribution is -0.147. The molecule has 0 radical (unpaired) electrons. The number of para-hydroxylation sites is 1. The molecule has 3 atom stereocenters. The lowest BCUT2D eigenvalue weighted by Crippen LogP contribution is -2.14. The maximum absolute atomic E-state index is 13.2. The van der Waals surface area contributed by atoms with Crippen molar-refractivity contribution in [2.45, 2.75) is 32.3 Å². The second kappa shape index (κ2) is 7.42. The first-order valence-electron chi connectivity index (χ1n) is 10.9. The maximum Gasteiger partial charge on any atom is 0.311 e. The van der Waals surface area contributed by atoms with E-state index in [-0.39, 0.29) is 29.3 Å². The Morgan fingerprint density at radius 2 is 1.68 bits per heavy atom. The molecule has 0 aliphatic heterocycles. The fraction of sp³-hybridized carbons (Fsp3) is 0.250. The van der Waals surface area contributed by atoms with Gasteiger partial charge in [-0.2, -0.15) is 0 Å². The molecule has 31 heavy (non-hydrogen) atoms. The van der Waals surface area contributed by atoms with Crippen molar-refractivity contribution in [3.63, 3.8) is 0 Å². The predicted molar refractivity (Wildman–Crippen MR) is 122 cm³/mol. The second-order valence-corrected chi connectivity index (χ2v) is 8.66. The highest BCUT2D eigenvalue weighted by molar-refractivity contribution is 5.86. The van der Waals surface area contributed by atoms with Crippen molar-refractivity contribution >= 4 is 12.0 Å². The van der Waals surface area contributed by atoms with Gasteiger partial charge in [-0.25, -0.2) is 0 Å². The average molecular weight is 411 g/mol. The molecule has 0 amide bonds. The Bertz CT molecular complexity index is 1150. The fourth-order valence-corrected chi connectivity index (χ4v) is 5.29. The number of esters is 1. The zero-order valence-electron chi connectivity index (χ0n) is 17.9. The largest absolute Gasteiger partial charge is 0.461 e. The minimum atomic E-state index is -0.242. The van der Waals surface area contributed by atoms with Gasteiger partial charge in [0.25, 0.3) is 0 Å². The van der Waals surface area contributed by atoms with Gasteiger partial charge in [-0.05, 0) is 52.8 Å². The van der Waals surface area contributed by atoms with Crippen LogP contribution >= 0.6 is 0 Å². The third kappa shape index (κ3) is 3.07. The summed E-state index contributed by atoms with van der Waals surface area (Å²) in [5.74, 6) is 1.23. The van der Waals surface area contributed by atoms with Crippen LogP contribution in [-0.2, 0) is 21.6 Å². The number of benzene rings is 3. The SMILES string of the molecule is CC[C@]1(C)[C@H](C(=O)OCc2cccc(Oc3ccccc3)c2)[C@]12C=Cc1ccccc12. The topological polar surface area (TPSA) is 35.5 Å². The fourth-order valence-electron chi connectivity index (χ4n) is 5.29. The molecule has 0 heterocycles. The van der Waals surface area contributed by atoms with Crippen molar-refractivity contribution in [2.24, 2.45) is 11.3 Å². The molecular weight excluding hydrogens is 384 g/mol. The highest BCUT2D eigenvalue weighted by Crippen LogP contribution is 2.74. The molecule has 3 aromatic carbocycles. The molecule has 3 heteroatoms. The number of ether oxygens (including phenoxy) is 2. The summed E-state index contributed by atoms with van der Waals surface area (Å²) < 4.78 is 11.7. The normalized spacial score (nSPS) is 25.3. The van der Waals surface area contributed by atoms with Crippen LogP contribution in [0.3, 0.4) is 0 Å². The molecule has 0 aromatic heterocycles. The molecule has 3 aromatic rings. The molecule has 0 unspecified atom stereocenters. The van der Waals surface area contributed by atoms with Crippen LogP contribution < -0.4 is 4.74 Å². The van der Waals surface area contributed by atoms with E-state index in [0.717, 1.165) is 23.5 Å². The maximum atomic E-state index is 13.2. The van der Waals surface area contributed by atoms with Crippen LogP contribution in [0, 0.1) is 11.3 Å². The summed E-state index contributed by atoms with van der Waals surface area (Å²) in [6.45, 7) is 4.61. The van der Waals surface area contributed by atoms with E-state index in [2.05, 4.69) is 44.2 Å². The summed E-state index contributed by atoms with van der Waals surface area (Å²) in [5, 5.41) is 0. The standard InChI is InChI=1S/C28H26O3/c1-3-27(2)25(28(27)17-16-21-11-7-8-15-24(21)28)26(29)30-19-20-10-9-14-23(18-20)31-22-12-5-4-6-13-22/h4-18,25H,3,19H2,1-2H3/t25-,27+,28+/m0/s1. The number of hydrogen-bond donors (Lipinski definition) is 0. The molecule has 0 bridgehead atoms. The smallest absolute Gasteiger partial charge is 0.311 e. The van der Waals surface area contributed by atoms with Gasteiger partial charge in [0.1, 0.15) is 18.1 Å². The van der Waals surface area contributed by atoms with Crippen molar-refractivity contribution in [2.75, 3.05) is 0 Å². The lowest BCUT2D eigenvalue weighted by Gasteiger charge is -2.15. The number of hydrogen-bond acceptors (Lipinski definition) is 3. The van der Waals surface area contributed by atoms with Crippen LogP contribution in [0.1, 0.15) is 37.0 Å². The lowest BCUT2D eigenvalue weighted by atomic mass is 9.87. The van der Waals surface area contributed by atoms with E-state index in [1.165, 1.54) is 11.1 Å². The number of rotatable bonds is 6. The van der Waals surface area contributed by atoms with Crippen molar-refractivity contribution in [3.05, 3.63) is 102 Å². The van der Waals surface area contributed by atoms with E-state index in [1.54, 1.807) is 0 Å². The highest BCUT2D eigenvalue weighted by atomic mass is 16.5. The Balaban J connectivity index is 1.30. The van der Waals surface area contributed by atoms with Crippen LogP contribution in [0.15, 0.2) is 84.9 Å². The van der Waals surface area contributed by atoms with E-state index in [0.29, 0.717) is 0 Å². The third-order valence-corrected chi connectivity index (χ3v) is 7.12. The van der Waals surface area contributed by atoms with Crippen LogP contribution in [-0.4, -0.2) is 5.97 Å². The molecule has 5 rings (SSSR count). The van der Waals surface area contributed by atoms with Gasteiger partial charge >= 0.3 is 5.97 Å².